The lowest BCUT2D eigenvalue weighted by atomic mass is 10.1. The number of alkyl halides is 1. The second kappa shape index (κ2) is 7.65. The van der Waals surface area contributed by atoms with Gasteiger partial charge in [0, 0.05) is 31.9 Å². The minimum absolute atomic E-state index is 0.612. The first-order valence-corrected chi connectivity index (χ1v) is 10.3. The van der Waals surface area contributed by atoms with Gasteiger partial charge < -0.3 is 15.0 Å². The molecule has 8 heteroatoms. The summed E-state index contributed by atoms with van der Waals surface area (Å²) in [5, 5.41) is 8.70. The number of piperidine rings is 1. The van der Waals surface area contributed by atoms with E-state index in [4.69, 9.17) is 14.7 Å². The first-order valence-electron chi connectivity index (χ1n) is 8.75. The summed E-state index contributed by atoms with van der Waals surface area (Å²) < 4.78 is 7.99. The topological polar surface area (TPSA) is 68.1 Å². The molecule has 7 nitrogen and oxygen atoms in total. The zero-order valence-corrected chi connectivity index (χ0v) is 16.8. The monoisotopic (exact) mass is 464 g/mol. The van der Waals surface area contributed by atoms with Crippen LogP contribution in [-0.2, 0) is 7.05 Å². The molecule has 0 saturated carbocycles. The Labute approximate surface area is 165 Å². The van der Waals surface area contributed by atoms with Crippen molar-refractivity contribution < 1.29 is 4.74 Å². The lowest BCUT2D eigenvalue weighted by Gasteiger charge is -2.27. The molecule has 0 spiro atoms. The lowest BCUT2D eigenvalue weighted by Crippen LogP contribution is -2.31. The van der Waals surface area contributed by atoms with Crippen LogP contribution >= 0.6 is 22.6 Å². The number of rotatable bonds is 5. The van der Waals surface area contributed by atoms with Gasteiger partial charge in [0.25, 0.3) is 0 Å². The number of halogens is 1. The predicted octanol–water partition coefficient (Wildman–Crippen LogP) is 3.87. The van der Waals surface area contributed by atoms with Crippen molar-refractivity contribution in [2.75, 3.05) is 27.9 Å². The number of hydrogen-bond acceptors (Lipinski definition) is 6. The molecular weight excluding hydrogens is 443 g/mol. The first kappa shape index (κ1) is 17.3. The van der Waals surface area contributed by atoms with E-state index in [2.05, 4.69) is 37.9 Å². The summed E-state index contributed by atoms with van der Waals surface area (Å²) >= 11 is 2.19. The van der Waals surface area contributed by atoms with Crippen LogP contribution in [0.3, 0.4) is 0 Å². The highest BCUT2D eigenvalue weighted by Gasteiger charge is 2.18. The normalized spacial score (nSPS) is 14.6. The fraction of sp³-hybridized carbons (Fsp3) is 0.389. The Morgan fingerprint density at radius 2 is 2.04 bits per heavy atom. The minimum Gasteiger partial charge on any atom is -0.483 e. The van der Waals surface area contributed by atoms with Crippen molar-refractivity contribution >= 4 is 51.1 Å². The van der Waals surface area contributed by atoms with Gasteiger partial charge in [-0.2, -0.15) is 15.1 Å². The largest absolute Gasteiger partial charge is 0.483 e. The van der Waals surface area contributed by atoms with Crippen LogP contribution in [0.4, 0.5) is 17.5 Å². The maximum absolute atomic E-state index is 5.58. The summed E-state index contributed by atoms with van der Waals surface area (Å²) in [6.07, 6.45) is 5.46. The van der Waals surface area contributed by atoms with Gasteiger partial charge >= 0.3 is 0 Å². The zero-order valence-electron chi connectivity index (χ0n) is 14.7. The summed E-state index contributed by atoms with van der Waals surface area (Å²) in [7, 11) is 1.91. The second-order valence-electron chi connectivity index (χ2n) is 6.33. The molecule has 4 rings (SSSR count). The van der Waals surface area contributed by atoms with E-state index in [1.54, 1.807) is 4.68 Å². The minimum atomic E-state index is 0.612. The van der Waals surface area contributed by atoms with Crippen molar-refractivity contribution in [3.8, 4) is 5.75 Å². The van der Waals surface area contributed by atoms with Crippen molar-refractivity contribution in [2.24, 2.45) is 7.05 Å². The Morgan fingerprint density at radius 1 is 1.19 bits per heavy atom. The third kappa shape index (κ3) is 3.55. The Hall–Kier alpha value is -2.10. The van der Waals surface area contributed by atoms with Crippen molar-refractivity contribution in [1.29, 1.82) is 0 Å². The number of fused-ring (bicyclic) bond motifs is 1. The number of nitrogens with zero attached hydrogens (tertiary/aromatic N) is 5. The van der Waals surface area contributed by atoms with Crippen LogP contribution in [0.25, 0.3) is 11.0 Å². The van der Waals surface area contributed by atoms with Gasteiger partial charge in [0.05, 0.1) is 11.6 Å². The zero-order chi connectivity index (χ0) is 17.9. The highest BCUT2D eigenvalue weighted by molar-refractivity contribution is 14.1. The van der Waals surface area contributed by atoms with Gasteiger partial charge in [-0.25, -0.2) is 0 Å². The van der Waals surface area contributed by atoms with E-state index in [9.17, 15) is 0 Å². The van der Waals surface area contributed by atoms with Crippen molar-refractivity contribution in [3.63, 3.8) is 0 Å². The molecular formula is C18H21IN6O. The van der Waals surface area contributed by atoms with Gasteiger partial charge in [0.1, 0.15) is 16.2 Å². The highest BCUT2D eigenvalue weighted by Crippen LogP contribution is 2.28. The molecule has 1 saturated heterocycles. The molecule has 3 aromatic rings. The standard InChI is InChI=1S/C18H21IN6O/c1-24-17-15(11-20-24)16(21-13-6-5-7-14(10-13)26-12-19)22-18(23-17)25-8-3-2-4-9-25/h5-7,10-11H,2-4,8-9,12H2,1H3,(H,21,22,23). The van der Waals surface area contributed by atoms with E-state index in [1.807, 2.05) is 37.5 Å². The molecule has 2 aromatic heterocycles. The summed E-state index contributed by atoms with van der Waals surface area (Å²) in [4.78, 5) is 11.8. The number of aromatic nitrogens is 4. The quantitative estimate of drug-likeness (QED) is 0.457. The van der Waals surface area contributed by atoms with Crippen molar-refractivity contribution in [3.05, 3.63) is 30.5 Å². The predicted molar refractivity (Wildman–Crippen MR) is 112 cm³/mol. The third-order valence-corrected chi connectivity index (χ3v) is 4.85. The third-order valence-electron chi connectivity index (χ3n) is 4.54. The molecule has 1 N–H and O–H groups in total. The van der Waals surface area contributed by atoms with Crippen LogP contribution in [0.1, 0.15) is 19.3 Å². The summed E-state index contributed by atoms with van der Waals surface area (Å²) in [6, 6.07) is 7.90. The average Bonchev–Trinajstić information content (AvgIpc) is 3.04. The maximum atomic E-state index is 5.58. The number of nitrogens with one attached hydrogen (secondary N) is 1. The number of aryl methyl sites for hydroxylation is 1. The van der Waals surface area contributed by atoms with Crippen LogP contribution in [-0.4, -0.2) is 37.5 Å². The number of benzene rings is 1. The Morgan fingerprint density at radius 3 is 2.85 bits per heavy atom. The van der Waals surface area contributed by atoms with E-state index in [0.717, 1.165) is 47.3 Å². The van der Waals surface area contributed by atoms with Crippen LogP contribution in [0, 0.1) is 0 Å². The molecule has 1 aromatic carbocycles. The average molecular weight is 464 g/mol. The molecule has 0 atom stereocenters. The molecule has 1 fully saturated rings. The molecule has 0 amide bonds. The van der Waals surface area contributed by atoms with E-state index in [0.29, 0.717) is 4.61 Å². The van der Waals surface area contributed by atoms with E-state index in [1.165, 1.54) is 19.3 Å². The Kier molecular flexibility index (Phi) is 5.09. The van der Waals surface area contributed by atoms with Gasteiger partial charge in [-0.3, -0.25) is 4.68 Å². The molecule has 26 heavy (non-hydrogen) atoms. The molecule has 136 valence electrons. The molecule has 3 heterocycles. The second-order valence-corrected chi connectivity index (χ2v) is 6.95. The van der Waals surface area contributed by atoms with E-state index < -0.39 is 0 Å². The smallest absolute Gasteiger partial charge is 0.229 e. The molecule has 0 radical (unpaired) electrons. The van der Waals surface area contributed by atoms with Gasteiger partial charge in [-0.05, 0) is 54.0 Å². The SMILES string of the molecule is Cn1ncc2c(Nc3cccc(OCI)c3)nc(N3CCCCC3)nc21. The van der Waals surface area contributed by atoms with Gasteiger partial charge in [0.2, 0.25) is 5.95 Å². The highest BCUT2D eigenvalue weighted by atomic mass is 127. The van der Waals surface area contributed by atoms with Crippen LogP contribution in [0.15, 0.2) is 30.5 Å². The van der Waals surface area contributed by atoms with Gasteiger partial charge in [0.15, 0.2) is 5.65 Å². The lowest BCUT2D eigenvalue weighted by molar-refractivity contribution is 0.404. The van der Waals surface area contributed by atoms with Crippen molar-refractivity contribution in [1.82, 2.24) is 19.7 Å². The van der Waals surface area contributed by atoms with E-state index >= 15 is 0 Å². The van der Waals surface area contributed by atoms with Gasteiger partial charge in [-0.1, -0.05) is 6.07 Å². The van der Waals surface area contributed by atoms with E-state index in [-0.39, 0.29) is 0 Å². The molecule has 1 aliphatic rings. The van der Waals surface area contributed by atoms with Crippen LogP contribution < -0.4 is 15.0 Å². The number of anilines is 3. The fourth-order valence-electron chi connectivity index (χ4n) is 3.20. The maximum Gasteiger partial charge on any atom is 0.229 e. The number of hydrogen-bond donors (Lipinski definition) is 1. The van der Waals surface area contributed by atoms with Gasteiger partial charge in [-0.15, -0.1) is 0 Å². The Balaban J connectivity index is 1.72. The Bertz CT molecular complexity index is 906. The van der Waals surface area contributed by atoms with Crippen LogP contribution in [0.5, 0.6) is 5.75 Å². The fourth-order valence-corrected chi connectivity index (χ4v) is 3.56. The first-order chi connectivity index (χ1) is 12.7. The molecule has 0 aliphatic carbocycles. The summed E-state index contributed by atoms with van der Waals surface area (Å²) in [5.74, 6) is 2.37. The number of ether oxygens (including phenoxy) is 1. The summed E-state index contributed by atoms with van der Waals surface area (Å²) in [5.41, 5.74) is 1.77. The molecule has 1 aliphatic heterocycles. The summed E-state index contributed by atoms with van der Waals surface area (Å²) in [6.45, 7) is 2.00. The molecule has 0 unspecified atom stereocenters. The van der Waals surface area contributed by atoms with Crippen LogP contribution in [0.2, 0.25) is 0 Å². The molecule has 0 bridgehead atoms. The van der Waals surface area contributed by atoms with Crippen molar-refractivity contribution in [2.45, 2.75) is 19.3 Å².